The molecule has 0 spiro atoms. The van der Waals surface area contributed by atoms with Crippen molar-refractivity contribution in [3.05, 3.63) is 53.1 Å². The van der Waals surface area contributed by atoms with E-state index in [0.717, 1.165) is 60.0 Å². The Morgan fingerprint density at radius 3 is 2.36 bits per heavy atom. The van der Waals surface area contributed by atoms with Gasteiger partial charge < -0.3 is 14.4 Å². The van der Waals surface area contributed by atoms with Gasteiger partial charge in [-0.1, -0.05) is 43.5 Å². The van der Waals surface area contributed by atoms with Crippen molar-refractivity contribution in [1.82, 2.24) is 25.1 Å². The standard InChI is InChI=1S/C31H40N6O2/c1-4-38-28-17-24-25(18-29(28)39-5-2)30(32-27-15-16-36(3)20-26(24)27)22-11-13-23(14-12-22)31-33-35-37(34-31)19-21-9-7-6-8-10-21/h11-14,17-18,21,26-27H,4-10,15-16,19-20H2,1-3H3. The lowest BCUT2D eigenvalue weighted by molar-refractivity contribution is 0.226. The fourth-order valence-corrected chi connectivity index (χ4v) is 6.47. The predicted molar refractivity (Wildman–Crippen MR) is 153 cm³/mol. The highest BCUT2D eigenvalue weighted by molar-refractivity contribution is 6.15. The molecule has 3 aliphatic rings. The van der Waals surface area contributed by atoms with Crippen molar-refractivity contribution in [2.45, 2.75) is 70.9 Å². The Morgan fingerprint density at radius 2 is 1.62 bits per heavy atom. The number of hydrogen-bond acceptors (Lipinski definition) is 7. The minimum Gasteiger partial charge on any atom is -0.490 e. The maximum absolute atomic E-state index is 6.02. The molecule has 1 saturated carbocycles. The fourth-order valence-electron chi connectivity index (χ4n) is 6.47. The Balaban J connectivity index is 1.30. The van der Waals surface area contributed by atoms with Crippen LogP contribution in [0.25, 0.3) is 11.4 Å². The van der Waals surface area contributed by atoms with E-state index in [1.807, 2.05) is 13.8 Å². The summed E-state index contributed by atoms with van der Waals surface area (Å²) in [7, 11) is 2.20. The lowest BCUT2D eigenvalue weighted by Crippen LogP contribution is -2.41. The number of rotatable bonds is 8. The van der Waals surface area contributed by atoms with Crippen molar-refractivity contribution < 1.29 is 9.47 Å². The molecule has 2 fully saturated rings. The van der Waals surface area contributed by atoms with Crippen molar-refractivity contribution in [1.29, 1.82) is 0 Å². The molecular formula is C31H40N6O2. The monoisotopic (exact) mass is 528 g/mol. The minimum atomic E-state index is 0.261. The zero-order valence-electron chi connectivity index (χ0n) is 23.5. The molecule has 39 heavy (non-hydrogen) atoms. The zero-order chi connectivity index (χ0) is 26.8. The van der Waals surface area contributed by atoms with Crippen LogP contribution in [0.2, 0.25) is 0 Å². The van der Waals surface area contributed by atoms with Gasteiger partial charge in [-0.3, -0.25) is 4.99 Å². The Labute approximate surface area is 231 Å². The summed E-state index contributed by atoms with van der Waals surface area (Å²) in [5, 5.41) is 13.4. The topological polar surface area (TPSA) is 77.7 Å². The van der Waals surface area contributed by atoms with Crippen LogP contribution < -0.4 is 9.47 Å². The quantitative estimate of drug-likeness (QED) is 0.392. The molecule has 8 heteroatoms. The largest absolute Gasteiger partial charge is 0.490 e. The average Bonchev–Trinajstić information content (AvgIpc) is 3.42. The second-order valence-electron chi connectivity index (χ2n) is 11.2. The van der Waals surface area contributed by atoms with Crippen LogP contribution in [-0.4, -0.2) is 70.2 Å². The third-order valence-electron chi connectivity index (χ3n) is 8.46. The highest BCUT2D eigenvalue weighted by atomic mass is 16.5. The van der Waals surface area contributed by atoms with Gasteiger partial charge in [0.1, 0.15) is 0 Å². The summed E-state index contributed by atoms with van der Waals surface area (Å²) < 4.78 is 12.0. The van der Waals surface area contributed by atoms with E-state index in [1.54, 1.807) is 4.80 Å². The van der Waals surface area contributed by atoms with Crippen LogP contribution >= 0.6 is 0 Å². The summed E-state index contributed by atoms with van der Waals surface area (Å²) in [5.41, 5.74) is 5.55. The number of piperidine rings is 1. The normalized spacial score (nSPS) is 21.7. The Morgan fingerprint density at radius 1 is 0.897 bits per heavy atom. The molecule has 8 nitrogen and oxygen atoms in total. The molecule has 3 heterocycles. The van der Waals surface area contributed by atoms with E-state index in [0.29, 0.717) is 30.9 Å². The van der Waals surface area contributed by atoms with E-state index in [-0.39, 0.29) is 6.04 Å². The van der Waals surface area contributed by atoms with Gasteiger partial charge in [-0.05, 0) is 75.5 Å². The summed E-state index contributed by atoms with van der Waals surface area (Å²) in [6, 6.07) is 13.1. The summed E-state index contributed by atoms with van der Waals surface area (Å²) in [6.07, 6.45) is 7.58. The number of hydrogen-bond donors (Lipinski definition) is 0. The molecule has 0 bridgehead atoms. The molecule has 2 aromatic carbocycles. The molecule has 2 unspecified atom stereocenters. The first-order valence-electron chi connectivity index (χ1n) is 14.7. The van der Waals surface area contributed by atoms with E-state index in [1.165, 1.54) is 37.7 Å². The third kappa shape index (κ3) is 5.44. The lowest BCUT2D eigenvalue weighted by atomic mass is 9.79. The first kappa shape index (κ1) is 26.0. The van der Waals surface area contributed by atoms with Gasteiger partial charge in [0.25, 0.3) is 0 Å². The van der Waals surface area contributed by atoms with Gasteiger partial charge in [0.2, 0.25) is 5.82 Å². The van der Waals surface area contributed by atoms with Crippen molar-refractivity contribution >= 4 is 5.71 Å². The number of nitrogens with zero attached hydrogens (tertiary/aromatic N) is 6. The van der Waals surface area contributed by atoms with Crippen molar-refractivity contribution in [2.24, 2.45) is 10.9 Å². The van der Waals surface area contributed by atoms with E-state index in [4.69, 9.17) is 19.6 Å². The van der Waals surface area contributed by atoms with Crippen LogP contribution in [0.1, 0.15) is 75.0 Å². The van der Waals surface area contributed by atoms with Gasteiger partial charge in [0.15, 0.2) is 11.5 Å². The maximum atomic E-state index is 6.02. The Kier molecular flexibility index (Phi) is 7.64. The summed E-state index contributed by atoms with van der Waals surface area (Å²) in [4.78, 5) is 9.54. The second kappa shape index (κ2) is 11.5. The number of benzene rings is 2. The van der Waals surface area contributed by atoms with Crippen LogP contribution in [0.15, 0.2) is 41.4 Å². The highest BCUT2D eigenvalue weighted by Gasteiger charge is 2.36. The molecule has 2 aliphatic heterocycles. The van der Waals surface area contributed by atoms with Gasteiger partial charge in [-0.15, -0.1) is 10.2 Å². The molecule has 2 atom stereocenters. The first-order chi connectivity index (χ1) is 19.1. The zero-order valence-corrected chi connectivity index (χ0v) is 23.5. The van der Waals surface area contributed by atoms with Crippen molar-refractivity contribution in [3.63, 3.8) is 0 Å². The maximum Gasteiger partial charge on any atom is 0.204 e. The van der Waals surface area contributed by atoms with Gasteiger partial charge in [0, 0.05) is 29.2 Å². The van der Waals surface area contributed by atoms with Crippen LogP contribution in [0.5, 0.6) is 11.5 Å². The summed E-state index contributed by atoms with van der Waals surface area (Å²) >= 11 is 0. The SMILES string of the molecule is CCOc1cc2c(cc1OCC)C1CN(C)CCC1N=C2c1ccc(-c2nnn(CC3CCCCC3)n2)cc1. The van der Waals surface area contributed by atoms with Crippen LogP contribution in [0, 0.1) is 5.92 Å². The average molecular weight is 529 g/mol. The van der Waals surface area contributed by atoms with E-state index < -0.39 is 0 Å². The number of ether oxygens (including phenoxy) is 2. The number of fused-ring (bicyclic) bond motifs is 3. The molecule has 1 aromatic heterocycles. The Bertz CT molecular complexity index is 1310. The molecule has 1 aliphatic carbocycles. The van der Waals surface area contributed by atoms with Crippen LogP contribution in [0.4, 0.5) is 0 Å². The molecule has 1 saturated heterocycles. The number of tetrazole rings is 1. The first-order valence-corrected chi connectivity index (χ1v) is 14.7. The second-order valence-corrected chi connectivity index (χ2v) is 11.2. The Hall–Kier alpha value is -3.26. The van der Waals surface area contributed by atoms with Crippen molar-refractivity contribution in [3.8, 4) is 22.9 Å². The summed E-state index contributed by atoms with van der Waals surface area (Å²) in [5.74, 6) is 3.30. The lowest BCUT2D eigenvalue weighted by Gasteiger charge is -2.39. The van der Waals surface area contributed by atoms with Gasteiger partial charge in [-0.25, -0.2) is 0 Å². The van der Waals surface area contributed by atoms with Gasteiger partial charge in [0.05, 0.1) is 31.5 Å². The molecule has 0 amide bonds. The van der Waals surface area contributed by atoms with E-state index >= 15 is 0 Å². The number of likely N-dealkylation sites (N-methyl/N-ethyl adjacent to an activating group) is 1. The van der Waals surface area contributed by atoms with Crippen molar-refractivity contribution in [2.75, 3.05) is 33.4 Å². The molecule has 206 valence electrons. The molecule has 0 N–H and O–H groups in total. The third-order valence-corrected chi connectivity index (χ3v) is 8.46. The summed E-state index contributed by atoms with van der Waals surface area (Å²) in [6.45, 7) is 8.14. The molecule has 6 rings (SSSR count). The van der Waals surface area contributed by atoms with Crippen LogP contribution in [-0.2, 0) is 6.54 Å². The minimum absolute atomic E-state index is 0.261. The van der Waals surface area contributed by atoms with Crippen LogP contribution in [0.3, 0.4) is 0 Å². The predicted octanol–water partition coefficient (Wildman–Crippen LogP) is 5.36. The number of likely N-dealkylation sites (tertiary alicyclic amines) is 1. The smallest absolute Gasteiger partial charge is 0.204 e. The highest BCUT2D eigenvalue weighted by Crippen LogP contribution is 2.42. The fraction of sp³-hybridized carbons (Fsp3) is 0.548. The van der Waals surface area contributed by atoms with Gasteiger partial charge in [-0.2, -0.15) is 4.80 Å². The molecule has 3 aromatic rings. The number of aromatic nitrogens is 4. The molecular weight excluding hydrogens is 488 g/mol. The van der Waals surface area contributed by atoms with E-state index in [2.05, 4.69) is 58.7 Å². The molecule has 0 radical (unpaired) electrons. The number of aliphatic imine (C=N–C) groups is 1. The van der Waals surface area contributed by atoms with E-state index in [9.17, 15) is 0 Å². The van der Waals surface area contributed by atoms with Gasteiger partial charge >= 0.3 is 0 Å².